The number of likely N-dealkylation sites (N-methyl/N-ethyl adjacent to an activating group) is 1. The highest BCUT2D eigenvalue weighted by molar-refractivity contribution is 5.29. The second-order valence-corrected chi connectivity index (χ2v) is 4.36. The molecule has 1 aromatic carbocycles. The molecule has 1 aromatic rings. The normalized spacial score (nSPS) is 12.1. The van der Waals surface area contributed by atoms with E-state index >= 15 is 0 Å². The zero-order valence-electron chi connectivity index (χ0n) is 10.9. The molecule has 0 spiro atoms. The Hall–Kier alpha value is -1.11. The first-order chi connectivity index (χ1) is 8.95. The Morgan fingerprint density at radius 1 is 1.21 bits per heavy atom. The molecule has 0 amide bonds. The fraction of sp³-hybridized carbons (Fsp3) is 0.538. The van der Waals surface area contributed by atoms with Gasteiger partial charge < -0.3 is 15.3 Å². The maximum absolute atomic E-state index is 12.7. The summed E-state index contributed by atoms with van der Waals surface area (Å²) >= 11 is 0. The van der Waals surface area contributed by atoms with Crippen molar-refractivity contribution in [3.63, 3.8) is 0 Å². The van der Waals surface area contributed by atoms with Crippen molar-refractivity contribution in [1.29, 1.82) is 0 Å². The fourth-order valence-corrected chi connectivity index (χ4v) is 1.73. The molecule has 0 aromatic heterocycles. The van der Waals surface area contributed by atoms with Crippen LogP contribution in [0.15, 0.2) is 24.3 Å². The van der Waals surface area contributed by atoms with Crippen LogP contribution >= 0.6 is 0 Å². The highest BCUT2D eigenvalue weighted by Crippen LogP contribution is 2.31. The van der Waals surface area contributed by atoms with Gasteiger partial charge in [-0.05, 0) is 18.7 Å². The van der Waals surface area contributed by atoms with Gasteiger partial charge in [0.25, 0.3) is 0 Å². The summed E-state index contributed by atoms with van der Waals surface area (Å²) in [7, 11) is 1.85. The number of aliphatic hydroxyl groups is 1. The Bertz CT molecular complexity index is 382. The minimum absolute atomic E-state index is 0.0768. The Balaban J connectivity index is 2.46. The molecule has 2 N–H and O–H groups in total. The predicted octanol–water partition coefficient (Wildman–Crippen LogP) is 1.72. The average molecular weight is 276 g/mol. The molecule has 0 saturated carbocycles. The van der Waals surface area contributed by atoms with Gasteiger partial charge in [-0.15, -0.1) is 0 Å². The SMILES string of the molecule is CN(CCO)CCNCc1ccccc1C(F)(F)F. The number of hydrogen-bond donors (Lipinski definition) is 2. The van der Waals surface area contributed by atoms with Gasteiger partial charge in [0.05, 0.1) is 12.2 Å². The number of alkyl halides is 3. The number of halogens is 3. The fourth-order valence-electron chi connectivity index (χ4n) is 1.73. The molecule has 0 aliphatic heterocycles. The summed E-state index contributed by atoms with van der Waals surface area (Å²) in [5.74, 6) is 0. The number of hydrogen-bond acceptors (Lipinski definition) is 3. The van der Waals surface area contributed by atoms with Crippen LogP contribution in [0.25, 0.3) is 0 Å². The lowest BCUT2D eigenvalue weighted by atomic mass is 10.1. The third-order valence-electron chi connectivity index (χ3n) is 2.79. The molecule has 6 heteroatoms. The van der Waals surface area contributed by atoms with Gasteiger partial charge in [-0.2, -0.15) is 13.2 Å². The van der Waals surface area contributed by atoms with Crippen LogP contribution < -0.4 is 5.32 Å². The monoisotopic (exact) mass is 276 g/mol. The predicted molar refractivity (Wildman–Crippen MR) is 67.7 cm³/mol. The number of rotatable bonds is 7. The van der Waals surface area contributed by atoms with Crippen molar-refractivity contribution in [3.8, 4) is 0 Å². The van der Waals surface area contributed by atoms with E-state index in [0.717, 1.165) is 6.07 Å². The summed E-state index contributed by atoms with van der Waals surface area (Å²) in [5.41, 5.74) is -0.342. The van der Waals surface area contributed by atoms with Crippen LogP contribution in [-0.4, -0.2) is 43.3 Å². The van der Waals surface area contributed by atoms with Gasteiger partial charge >= 0.3 is 6.18 Å². The molecule has 0 radical (unpaired) electrons. The number of nitrogens with one attached hydrogen (secondary N) is 1. The lowest BCUT2D eigenvalue weighted by Gasteiger charge is -2.16. The molecule has 19 heavy (non-hydrogen) atoms. The van der Waals surface area contributed by atoms with Gasteiger partial charge in [-0.3, -0.25) is 0 Å². The van der Waals surface area contributed by atoms with Gasteiger partial charge in [-0.25, -0.2) is 0 Å². The first-order valence-electron chi connectivity index (χ1n) is 6.10. The molecular formula is C13H19F3N2O. The van der Waals surface area contributed by atoms with E-state index < -0.39 is 11.7 Å². The first-order valence-corrected chi connectivity index (χ1v) is 6.10. The van der Waals surface area contributed by atoms with Crippen molar-refractivity contribution >= 4 is 0 Å². The maximum Gasteiger partial charge on any atom is 0.416 e. The number of aliphatic hydroxyl groups excluding tert-OH is 1. The largest absolute Gasteiger partial charge is 0.416 e. The average Bonchev–Trinajstić information content (AvgIpc) is 2.34. The molecule has 0 atom stereocenters. The molecule has 108 valence electrons. The molecule has 0 heterocycles. The van der Waals surface area contributed by atoms with Crippen LogP contribution in [0.4, 0.5) is 13.2 Å². The summed E-state index contributed by atoms with van der Waals surface area (Å²) in [6, 6.07) is 5.56. The van der Waals surface area contributed by atoms with Crippen LogP contribution in [0.3, 0.4) is 0 Å². The van der Waals surface area contributed by atoms with Crippen molar-refractivity contribution in [2.24, 2.45) is 0 Å². The zero-order valence-corrected chi connectivity index (χ0v) is 10.9. The molecule has 0 aliphatic rings. The minimum Gasteiger partial charge on any atom is -0.395 e. The minimum atomic E-state index is -4.31. The molecule has 0 aliphatic carbocycles. The van der Waals surface area contributed by atoms with E-state index in [1.54, 1.807) is 6.07 Å². The van der Waals surface area contributed by atoms with Gasteiger partial charge in [-0.1, -0.05) is 18.2 Å². The highest BCUT2D eigenvalue weighted by atomic mass is 19.4. The highest BCUT2D eigenvalue weighted by Gasteiger charge is 2.32. The topological polar surface area (TPSA) is 35.5 Å². The third-order valence-corrected chi connectivity index (χ3v) is 2.79. The number of benzene rings is 1. The van der Waals surface area contributed by atoms with E-state index in [9.17, 15) is 13.2 Å². The van der Waals surface area contributed by atoms with Crippen molar-refractivity contribution in [2.45, 2.75) is 12.7 Å². The lowest BCUT2D eigenvalue weighted by molar-refractivity contribution is -0.138. The molecule has 0 unspecified atom stereocenters. The van der Waals surface area contributed by atoms with E-state index in [2.05, 4.69) is 5.32 Å². The summed E-state index contributed by atoms with van der Waals surface area (Å²) in [6.07, 6.45) is -4.31. The van der Waals surface area contributed by atoms with E-state index in [1.165, 1.54) is 12.1 Å². The van der Waals surface area contributed by atoms with E-state index in [4.69, 9.17) is 5.11 Å². The van der Waals surface area contributed by atoms with Crippen molar-refractivity contribution < 1.29 is 18.3 Å². The van der Waals surface area contributed by atoms with E-state index in [0.29, 0.717) is 19.6 Å². The first kappa shape index (κ1) is 15.9. The summed E-state index contributed by atoms with van der Waals surface area (Å²) in [6.45, 7) is 2.06. The molecule has 0 fully saturated rings. The smallest absolute Gasteiger partial charge is 0.395 e. The Morgan fingerprint density at radius 3 is 2.53 bits per heavy atom. The molecule has 0 saturated heterocycles. The number of nitrogens with zero attached hydrogens (tertiary/aromatic N) is 1. The standard InChI is InChI=1S/C13H19F3N2O/c1-18(8-9-19)7-6-17-10-11-4-2-3-5-12(11)13(14,15)16/h2-5,17,19H,6-10H2,1H3. The van der Waals surface area contributed by atoms with E-state index in [1.807, 2.05) is 11.9 Å². The molecule has 0 bridgehead atoms. The van der Waals surface area contributed by atoms with Gasteiger partial charge in [0.2, 0.25) is 0 Å². The summed E-state index contributed by atoms with van der Waals surface area (Å²) < 4.78 is 38.2. The summed E-state index contributed by atoms with van der Waals surface area (Å²) in [5, 5.41) is 11.7. The third kappa shape index (κ3) is 5.59. The molecule has 1 rings (SSSR count). The second-order valence-electron chi connectivity index (χ2n) is 4.36. The van der Waals surface area contributed by atoms with Crippen molar-refractivity contribution in [1.82, 2.24) is 10.2 Å². The van der Waals surface area contributed by atoms with Crippen LogP contribution in [-0.2, 0) is 12.7 Å². The lowest BCUT2D eigenvalue weighted by Crippen LogP contribution is -2.31. The van der Waals surface area contributed by atoms with Crippen LogP contribution in [0.1, 0.15) is 11.1 Å². The quantitative estimate of drug-likeness (QED) is 0.744. The molecule has 3 nitrogen and oxygen atoms in total. The van der Waals surface area contributed by atoms with Crippen LogP contribution in [0, 0.1) is 0 Å². The Kier molecular flexibility index (Phi) is 6.27. The Morgan fingerprint density at radius 2 is 1.89 bits per heavy atom. The van der Waals surface area contributed by atoms with Crippen molar-refractivity contribution in [2.75, 3.05) is 33.3 Å². The van der Waals surface area contributed by atoms with Gasteiger partial charge in [0, 0.05) is 26.2 Å². The van der Waals surface area contributed by atoms with Crippen LogP contribution in [0.2, 0.25) is 0 Å². The van der Waals surface area contributed by atoms with Gasteiger partial charge in [0.1, 0.15) is 0 Å². The Labute approximate surface area is 111 Å². The maximum atomic E-state index is 12.7. The van der Waals surface area contributed by atoms with Gasteiger partial charge in [0.15, 0.2) is 0 Å². The van der Waals surface area contributed by atoms with Crippen molar-refractivity contribution in [3.05, 3.63) is 35.4 Å². The van der Waals surface area contributed by atoms with E-state index in [-0.39, 0.29) is 18.7 Å². The summed E-state index contributed by atoms with van der Waals surface area (Å²) in [4.78, 5) is 1.91. The molecular weight excluding hydrogens is 257 g/mol. The second kappa shape index (κ2) is 7.47. The zero-order chi connectivity index (χ0) is 14.3. The van der Waals surface area contributed by atoms with Crippen LogP contribution in [0.5, 0.6) is 0 Å².